The van der Waals surface area contributed by atoms with Crippen LogP contribution in [0.4, 0.5) is 5.69 Å². The smallest absolute Gasteiger partial charge is 0.304 e. The first-order valence-electron chi connectivity index (χ1n) is 6.31. The fourth-order valence-corrected chi connectivity index (χ4v) is 1.74. The number of Topliss-reactive ketones (excluding diaryl/α,β-unsaturated/α-hetero) is 1. The van der Waals surface area contributed by atoms with Crippen molar-refractivity contribution >= 4 is 17.4 Å². The van der Waals surface area contributed by atoms with E-state index in [0.29, 0.717) is 36.5 Å². The first-order chi connectivity index (χ1) is 9.43. The Kier molecular flexibility index (Phi) is 5.99. The predicted molar refractivity (Wildman–Crippen MR) is 76.1 cm³/mol. The van der Waals surface area contributed by atoms with Gasteiger partial charge in [-0.15, -0.1) is 0 Å². The minimum Gasteiger partial charge on any atom is -0.495 e. The van der Waals surface area contributed by atoms with Gasteiger partial charge in [0.25, 0.3) is 0 Å². The van der Waals surface area contributed by atoms with E-state index < -0.39 is 5.97 Å². The molecular formula is C14H20N2O4. The van der Waals surface area contributed by atoms with Crippen molar-refractivity contribution in [2.75, 3.05) is 33.0 Å². The fraction of sp³-hybridized carbons (Fsp3) is 0.429. The van der Waals surface area contributed by atoms with Crippen molar-refractivity contribution in [3.63, 3.8) is 0 Å². The molecule has 1 aromatic rings. The van der Waals surface area contributed by atoms with E-state index in [-0.39, 0.29) is 12.2 Å². The summed E-state index contributed by atoms with van der Waals surface area (Å²) in [7, 11) is 3.31. The molecule has 0 aliphatic carbocycles. The number of rotatable bonds is 8. The Morgan fingerprint density at radius 3 is 2.50 bits per heavy atom. The number of hydrogen-bond acceptors (Lipinski definition) is 5. The number of nitrogens with two attached hydrogens (primary N) is 1. The van der Waals surface area contributed by atoms with E-state index in [1.807, 2.05) is 4.90 Å². The molecule has 6 heteroatoms. The van der Waals surface area contributed by atoms with Crippen molar-refractivity contribution in [1.82, 2.24) is 4.90 Å². The molecule has 0 aliphatic rings. The summed E-state index contributed by atoms with van der Waals surface area (Å²) in [6, 6.07) is 4.93. The van der Waals surface area contributed by atoms with E-state index in [9.17, 15) is 9.59 Å². The van der Waals surface area contributed by atoms with Crippen molar-refractivity contribution in [2.24, 2.45) is 0 Å². The van der Waals surface area contributed by atoms with Gasteiger partial charge in [0.05, 0.1) is 19.2 Å². The highest BCUT2D eigenvalue weighted by molar-refractivity contribution is 5.97. The van der Waals surface area contributed by atoms with Crippen LogP contribution in [0, 0.1) is 0 Å². The second-order valence-corrected chi connectivity index (χ2v) is 4.58. The number of ketones is 1. The minimum atomic E-state index is -0.842. The third kappa shape index (κ3) is 4.89. The van der Waals surface area contributed by atoms with E-state index >= 15 is 0 Å². The first kappa shape index (κ1) is 16.0. The van der Waals surface area contributed by atoms with Crippen LogP contribution in [-0.4, -0.2) is 49.0 Å². The zero-order valence-corrected chi connectivity index (χ0v) is 11.8. The number of carbonyl (C=O) groups excluding carboxylic acids is 1. The van der Waals surface area contributed by atoms with Gasteiger partial charge < -0.3 is 20.5 Å². The molecule has 0 saturated heterocycles. The molecule has 1 rings (SSSR count). The number of nitrogens with zero attached hydrogens (tertiary/aromatic N) is 1. The summed E-state index contributed by atoms with van der Waals surface area (Å²) >= 11 is 0. The van der Waals surface area contributed by atoms with Gasteiger partial charge in [-0.05, 0) is 25.2 Å². The number of hydrogen-bond donors (Lipinski definition) is 2. The lowest BCUT2D eigenvalue weighted by Crippen LogP contribution is -2.24. The van der Waals surface area contributed by atoms with Gasteiger partial charge in [-0.25, -0.2) is 0 Å². The standard InChI is InChI=1S/C14H20N2O4/c1-16(8-6-14(18)19)7-5-12(17)10-3-4-13(20-2)11(15)9-10/h3-4,9H,5-8,15H2,1-2H3,(H,18,19). The topological polar surface area (TPSA) is 92.9 Å². The van der Waals surface area contributed by atoms with Gasteiger partial charge in [-0.2, -0.15) is 0 Å². The number of carbonyl (C=O) groups is 2. The zero-order chi connectivity index (χ0) is 15.1. The van der Waals surface area contributed by atoms with Crippen molar-refractivity contribution in [1.29, 1.82) is 0 Å². The molecule has 6 nitrogen and oxygen atoms in total. The molecule has 110 valence electrons. The highest BCUT2D eigenvalue weighted by Crippen LogP contribution is 2.22. The minimum absolute atomic E-state index is 0.0264. The lowest BCUT2D eigenvalue weighted by Gasteiger charge is -2.14. The predicted octanol–water partition coefficient (Wildman–Crippen LogP) is 1.26. The van der Waals surface area contributed by atoms with Crippen LogP contribution in [0.2, 0.25) is 0 Å². The van der Waals surface area contributed by atoms with Gasteiger partial charge in [0.1, 0.15) is 5.75 Å². The van der Waals surface area contributed by atoms with Crippen molar-refractivity contribution in [3.8, 4) is 5.75 Å². The molecule has 1 aromatic carbocycles. The molecule has 20 heavy (non-hydrogen) atoms. The normalized spacial score (nSPS) is 10.6. The molecule has 0 unspecified atom stereocenters. The van der Waals surface area contributed by atoms with Gasteiger partial charge in [-0.3, -0.25) is 9.59 Å². The molecule has 3 N–H and O–H groups in total. The van der Waals surface area contributed by atoms with Crippen LogP contribution >= 0.6 is 0 Å². The second kappa shape index (κ2) is 7.49. The molecule has 0 aliphatic heterocycles. The van der Waals surface area contributed by atoms with Crippen molar-refractivity contribution < 1.29 is 19.4 Å². The van der Waals surface area contributed by atoms with E-state index in [4.69, 9.17) is 15.6 Å². The number of benzene rings is 1. The van der Waals surface area contributed by atoms with Crippen LogP contribution in [0.15, 0.2) is 18.2 Å². The summed E-state index contributed by atoms with van der Waals surface area (Å²) in [5, 5.41) is 8.58. The van der Waals surface area contributed by atoms with E-state index in [0.717, 1.165) is 0 Å². The van der Waals surface area contributed by atoms with Crippen molar-refractivity contribution in [2.45, 2.75) is 12.8 Å². The lowest BCUT2D eigenvalue weighted by atomic mass is 10.1. The molecule has 0 fully saturated rings. The van der Waals surface area contributed by atoms with Crippen LogP contribution in [-0.2, 0) is 4.79 Å². The largest absolute Gasteiger partial charge is 0.495 e. The number of ether oxygens (including phenoxy) is 1. The molecule has 0 bridgehead atoms. The maximum atomic E-state index is 12.0. The summed E-state index contributed by atoms with van der Waals surface area (Å²) in [5.41, 5.74) is 6.72. The summed E-state index contributed by atoms with van der Waals surface area (Å²) in [6.45, 7) is 0.936. The summed E-state index contributed by atoms with van der Waals surface area (Å²) in [5.74, 6) is -0.326. The molecular weight excluding hydrogens is 260 g/mol. The van der Waals surface area contributed by atoms with Crippen LogP contribution in [0.25, 0.3) is 0 Å². The number of nitrogen functional groups attached to an aromatic ring is 1. The van der Waals surface area contributed by atoms with E-state index in [2.05, 4.69) is 0 Å². The third-order valence-electron chi connectivity index (χ3n) is 2.98. The lowest BCUT2D eigenvalue weighted by molar-refractivity contribution is -0.137. The Balaban J connectivity index is 2.50. The van der Waals surface area contributed by atoms with Gasteiger partial charge >= 0.3 is 5.97 Å². The van der Waals surface area contributed by atoms with Gasteiger partial charge in [0.2, 0.25) is 0 Å². The SMILES string of the molecule is COc1ccc(C(=O)CCN(C)CCC(=O)O)cc1N. The van der Waals surface area contributed by atoms with Crippen LogP contribution in [0.3, 0.4) is 0 Å². The Hall–Kier alpha value is -2.08. The average molecular weight is 280 g/mol. The highest BCUT2D eigenvalue weighted by atomic mass is 16.5. The van der Waals surface area contributed by atoms with Gasteiger partial charge in [0, 0.05) is 25.1 Å². The van der Waals surface area contributed by atoms with Gasteiger partial charge in [0.15, 0.2) is 5.78 Å². The Labute approximate surface area is 118 Å². The molecule has 0 heterocycles. The van der Waals surface area contributed by atoms with Crippen LogP contribution in [0.1, 0.15) is 23.2 Å². The molecule has 0 atom stereocenters. The number of methoxy groups -OCH3 is 1. The fourth-order valence-electron chi connectivity index (χ4n) is 1.74. The van der Waals surface area contributed by atoms with E-state index in [1.165, 1.54) is 7.11 Å². The summed E-state index contributed by atoms with van der Waals surface area (Å²) < 4.78 is 5.03. The number of carboxylic acid groups (broad SMARTS) is 1. The first-order valence-corrected chi connectivity index (χ1v) is 6.31. The number of anilines is 1. The second-order valence-electron chi connectivity index (χ2n) is 4.58. The third-order valence-corrected chi connectivity index (χ3v) is 2.98. The zero-order valence-electron chi connectivity index (χ0n) is 11.8. The monoisotopic (exact) mass is 280 g/mol. The maximum absolute atomic E-state index is 12.0. The van der Waals surface area contributed by atoms with Gasteiger partial charge in [-0.1, -0.05) is 0 Å². The maximum Gasteiger partial charge on any atom is 0.304 e. The molecule has 0 saturated carbocycles. The Bertz CT molecular complexity index is 488. The van der Waals surface area contributed by atoms with Crippen LogP contribution < -0.4 is 10.5 Å². The summed E-state index contributed by atoms with van der Waals surface area (Å²) in [4.78, 5) is 24.3. The Morgan fingerprint density at radius 2 is 1.95 bits per heavy atom. The highest BCUT2D eigenvalue weighted by Gasteiger charge is 2.10. The molecule has 0 amide bonds. The average Bonchev–Trinajstić information content (AvgIpc) is 2.42. The molecule has 0 radical (unpaired) electrons. The number of carboxylic acids is 1. The molecule has 0 aromatic heterocycles. The summed E-state index contributed by atoms with van der Waals surface area (Å²) in [6.07, 6.45) is 0.391. The van der Waals surface area contributed by atoms with Crippen LogP contribution in [0.5, 0.6) is 5.75 Å². The van der Waals surface area contributed by atoms with E-state index in [1.54, 1.807) is 25.2 Å². The quantitative estimate of drug-likeness (QED) is 0.550. The Morgan fingerprint density at radius 1 is 1.30 bits per heavy atom. The van der Waals surface area contributed by atoms with Crippen molar-refractivity contribution in [3.05, 3.63) is 23.8 Å². The molecule has 0 spiro atoms. The number of aliphatic carboxylic acids is 1.